The molecule has 23 heavy (non-hydrogen) atoms. The van der Waals surface area contributed by atoms with Crippen molar-refractivity contribution < 1.29 is 30.5 Å². The van der Waals surface area contributed by atoms with Crippen molar-refractivity contribution in [1.82, 2.24) is 9.38 Å². The third-order valence-electron chi connectivity index (χ3n) is 3.22. The van der Waals surface area contributed by atoms with E-state index in [-0.39, 0.29) is 18.8 Å². The van der Waals surface area contributed by atoms with Crippen molar-refractivity contribution in [3.05, 3.63) is 48.1 Å². The van der Waals surface area contributed by atoms with Crippen LogP contribution in [0, 0.1) is 0 Å². The van der Waals surface area contributed by atoms with Crippen LogP contribution in [0.2, 0.25) is 0 Å². The summed E-state index contributed by atoms with van der Waals surface area (Å²) in [6.07, 6.45) is 5.47. The zero-order valence-corrected chi connectivity index (χ0v) is 12.3. The number of imidazole rings is 1. The average Bonchev–Trinajstić information content (AvgIpc) is 2.93. The third-order valence-corrected chi connectivity index (χ3v) is 4.22. The van der Waals surface area contributed by atoms with Gasteiger partial charge in [0.25, 0.3) is 0 Å². The number of halogens is 3. The Bertz CT molecular complexity index is 857. The van der Waals surface area contributed by atoms with Crippen molar-refractivity contribution in [3.63, 3.8) is 0 Å². The van der Waals surface area contributed by atoms with E-state index < -0.39 is 21.7 Å². The first kappa shape index (κ1) is 15.8. The minimum atomic E-state index is -5.67. The van der Waals surface area contributed by atoms with Crippen molar-refractivity contribution in [3.8, 4) is 0 Å². The lowest BCUT2D eigenvalue weighted by Gasteiger charge is -2.22. The number of hydrogen-bond acceptors (Lipinski definition) is 5. The maximum atomic E-state index is 12.4. The summed E-state index contributed by atoms with van der Waals surface area (Å²) in [6.45, 7) is 0.0475. The summed E-state index contributed by atoms with van der Waals surface area (Å²) in [5.41, 5.74) is -4.12. The fourth-order valence-electron chi connectivity index (χ4n) is 2.14. The lowest BCUT2D eigenvalue weighted by atomic mass is 10.1. The summed E-state index contributed by atoms with van der Waals surface area (Å²) >= 11 is 0. The smallest absolute Gasteiger partial charge is 0.381 e. The van der Waals surface area contributed by atoms with Gasteiger partial charge in [0.1, 0.15) is 17.5 Å². The van der Waals surface area contributed by atoms with E-state index in [9.17, 15) is 21.6 Å². The molecule has 0 fully saturated rings. The Labute approximate surface area is 129 Å². The molecule has 0 aromatic carbocycles. The largest absolute Gasteiger partial charge is 0.534 e. The first-order chi connectivity index (χ1) is 10.8. The lowest BCUT2D eigenvalue weighted by Crippen LogP contribution is -2.26. The summed E-state index contributed by atoms with van der Waals surface area (Å²) in [7, 11) is -5.67. The molecule has 1 aliphatic heterocycles. The Balaban J connectivity index is 1.86. The summed E-state index contributed by atoms with van der Waals surface area (Å²) in [6, 6.07) is 3.42. The molecular weight excluding hydrogens is 337 g/mol. The Morgan fingerprint density at radius 1 is 1.35 bits per heavy atom. The van der Waals surface area contributed by atoms with Crippen LogP contribution in [-0.2, 0) is 19.0 Å². The SMILES string of the molecule is O=S(=O)(OC1=CC(c2ccc3nccn3c2)OCC1)C(F)(F)F. The molecular formula is C13H11F3N2O4S. The van der Waals surface area contributed by atoms with Crippen LogP contribution in [0.3, 0.4) is 0 Å². The maximum absolute atomic E-state index is 12.4. The van der Waals surface area contributed by atoms with Crippen molar-refractivity contribution in [2.24, 2.45) is 0 Å². The molecule has 3 rings (SSSR count). The second-order valence-electron chi connectivity index (χ2n) is 4.81. The second kappa shape index (κ2) is 5.53. The molecule has 0 aliphatic carbocycles. The van der Waals surface area contributed by atoms with E-state index >= 15 is 0 Å². The molecule has 0 N–H and O–H groups in total. The minimum absolute atomic E-state index is 0.0475. The van der Waals surface area contributed by atoms with E-state index in [2.05, 4.69) is 9.17 Å². The molecule has 1 atom stereocenters. The minimum Gasteiger partial charge on any atom is -0.381 e. The summed E-state index contributed by atoms with van der Waals surface area (Å²) in [4.78, 5) is 4.07. The Morgan fingerprint density at radius 3 is 2.87 bits per heavy atom. The van der Waals surface area contributed by atoms with Crippen molar-refractivity contribution in [1.29, 1.82) is 0 Å². The standard InChI is InChI=1S/C13H11F3N2O4S/c14-13(15,16)23(19,20)22-10-3-6-21-11(7-10)9-1-2-12-17-4-5-18(12)8-9/h1-2,4-5,7-8,11H,3,6H2. The quantitative estimate of drug-likeness (QED) is 0.630. The van der Waals surface area contributed by atoms with Gasteiger partial charge in [-0.1, -0.05) is 6.07 Å². The second-order valence-corrected chi connectivity index (χ2v) is 6.35. The number of alkyl halides is 3. The van der Waals surface area contributed by atoms with Gasteiger partial charge >= 0.3 is 15.6 Å². The molecule has 1 aliphatic rings. The highest BCUT2D eigenvalue weighted by Crippen LogP contribution is 2.31. The molecule has 10 heteroatoms. The van der Waals surface area contributed by atoms with Crippen LogP contribution in [-0.4, -0.2) is 29.9 Å². The lowest BCUT2D eigenvalue weighted by molar-refractivity contribution is -0.0530. The number of fused-ring (bicyclic) bond motifs is 1. The van der Waals surface area contributed by atoms with Gasteiger partial charge in [0, 0.05) is 30.6 Å². The van der Waals surface area contributed by atoms with Crippen LogP contribution in [0.4, 0.5) is 13.2 Å². The zero-order valence-electron chi connectivity index (χ0n) is 11.5. The molecule has 2 aromatic heterocycles. The van der Waals surface area contributed by atoms with Crippen LogP contribution in [0.25, 0.3) is 5.65 Å². The van der Waals surface area contributed by atoms with E-state index in [4.69, 9.17) is 4.74 Å². The summed E-state index contributed by atoms with van der Waals surface area (Å²) in [5, 5.41) is 0. The van der Waals surface area contributed by atoms with E-state index in [1.165, 1.54) is 6.08 Å². The van der Waals surface area contributed by atoms with Gasteiger partial charge in [-0.3, -0.25) is 0 Å². The summed E-state index contributed by atoms with van der Waals surface area (Å²) in [5.74, 6) is -0.288. The van der Waals surface area contributed by atoms with Crippen LogP contribution in [0.15, 0.2) is 42.6 Å². The van der Waals surface area contributed by atoms with Crippen LogP contribution < -0.4 is 0 Å². The van der Waals surface area contributed by atoms with Crippen LogP contribution >= 0.6 is 0 Å². The van der Waals surface area contributed by atoms with Gasteiger partial charge in [-0.15, -0.1) is 0 Å². The monoisotopic (exact) mass is 348 g/mol. The molecule has 2 aromatic rings. The molecule has 0 saturated heterocycles. The molecule has 0 spiro atoms. The van der Waals surface area contributed by atoms with Gasteiger partial charge < -0.3 is 13.3 Å². The Morgan fingerprint density at radius 2 is 2.13 bits per heavy atom. The first-order valence-corrected chi connectivity index (χ1v) is 7.93. The molecule has 1 unspecified atom stereocenters. The molecule has 124 valence electrons. The number of aromatic nitrogens is 2. The van der Waals surface area contributed by atoms with Crippen LogP contribution in [0.1, 0.15) is 18.1 Å². The predicted molar refractivity (Wildman–Crippen MR) is 72.6 cm³/mol. The van der Waals surface area contributed by atoms with Gasteiger partial charge in [0.15, 0.2) is 0 Å². The first-order valence-electron chi connectivity index (χ1n) is 6.52. The van der Waals surface area contributed by atoms with E-state index in [0.717, 1.165) is 0 Å². The van der Waals surface area contributed by atoms with Crippen LogP contribution in [0.5, 0.6) is 0 Å². The fraction of sp³-hybridized carbons (Fsp3) is 0.308. The molecule has 6 nitrogen and oxygen atoms in total. The topological polar surface area (TPSA) is 69.9 Å². The summed E-state index contributed by atoms with van der Waals surface area (Å²) < 4.78 is 70.6. The molecule has 0 saturated carbocycles. The van der Waals surface area contributed by atoms with Gasteiger partial charge in [0.05, 0.1) is 6.61 Å². The highest BCUT2D eigenvalue weighted by Gasteiger charge is 2.49. The Kier molecular flexibility index (Phi) is 3.80. The van der Waals surface area contributed by atoms with E-state index in [1.807, 2.05) is 0 Å². The fourth-order valence-corrected chi connectivity index (χ4v) is 2.66. The highest BCUT2D eigenvalue weighted by molar-refractivity contribution is 7.87. The number of pyridine rings is 1. The Hall–Kier alpha value is -2.07. The van der Waals surface area contributed by atoms with Gasteiger partial charge in [-0.05, 0) is 12.1 Å². The normalized spacial score (nSPS) is 19.6. The highest BCUT2D eigenvalue weighted by atomic mass is 32.2. The predicted octanol–water partition coefficient (Wildman–Crippen LogP) is 2.55. The molecule has 0 radical (unpaired) electrons. The van der Waals surface area contributed by atoms with E-state index in [1.54, 1.807) is 35.1 Å². The van der Waals surface area contributed by atoms with Crippen molar-refractivity contribution in [2.45, 2.75) is 18.0 Å². The number of hydrogen-bond donors (Lipinski definition) is 0. The van der Waals surface area contributed by atoms with Crippen molar-refractivity contribution in [2.75, 3.05) is 6.61 Å². The van der Waals surface area contributed by atoms with Gasteiger partial charge in [0.2, 0.25) is 0 Å². The van der Waals surface area contributed by atoms with Gasteiger partial charge in [-0.25, -0.2) is 4.98 Å². The molecule has 0 amide bonds. The zero-order chi connectivity index (χ0) is 16.7. The maximum Gasteiger partial charge on any atom is 0.534 e. The van der Waals surface area contributed by atoms with Gasteiger partial charge in [-0.2, -0.15) is 21.6 Å². The number of rotatable bonds is 3. The molecule has 0 bridgehead atoms. The third kappa shape index (κ3) is 3.17. The van der Waals surface area contributed by atoms with E-state index in [0.29, 0.717) is 11.2 Å². The number of nitrogens with zero attached hydrogens (tertiary/aromatic N) is 2. The number of ether oxygens (including phenoxy) is 1. The average molecular weight is 348 g/mol. The van der Waals surface area contributed by atoms with Crippen molar-refractivity contribution >= 4 is 15.8 Å². The molecule has 3 heterocycles.